The monoisotopic (exact) mass is 496 g/mol. The molecule has 0 amide bonds. The predicted molar refractivity (Wildman–Crippen MR) is 136 cm³/mol. The lowest BCUT2D eigenvalue weighted by atomic mass is 10.0. The zero-order valence-corrected chi connectivity index (χ0v) is 20.9. The molecule has 192 valence electrons. The summed E-state index contributed by atoms with van der Waals surface area (Å²) in [5, 5.41) is 9.85. The van der Waals surface area contributed by atoms with Gasteiger partial charge < -0.3 is 28.8 Å². The first-order chi connectivity index (χ1) is 17.1. The molecule has 1 atom stereocenters. The highest BCUT2D eigenvalue weighted by Crippen LogP contribution is 2.31. The van der Waals surface area contributed by atoms with Gasteiger partial charge in [-0.25, -0.2) is 9.59 Å². The molecule has 8 nitrogen and oxygen atoms in total. The van der Waals surface area contributed by atoms with Crippen LogP contribution in [-0.2, 0) is 19.1 Å². The van der Waals surface area contributed by atoms with Gasteiger partial charge in [0.25, 0.3) is 0 Å². The molecule has 1 unspecified atom stereocenters. The smallest absolute Gasteiger partial charge is 0.333 e. The number of hydrogen-bond donors (Lipinski definition) is 1. The molecule has 0 saturated heterocycles. The van der Waals surface area contributed by atoms with Gasteiger partial charge in [0.05, 0.1) is 0 Å². The van der Waals surface area contributed by atoms with Gasteiger partial charge in [0.1, 0.15) is 43.7 Å². The van der Waals surface area contributed by atoms with Gasteiger partial charge in [0.2, 0.25) is 6.29 Å². The molecule has 0 saturated carbocycles. The minimum Gasteiger partial charge on any atom is -0.490 e. The van der Waals surface area contributed by atoms with Crippen LogP contribution < -0.4 is 14.2 Å². The Hall–Kier alpha value is -4.04. The van der Waals surface area contributed by atoms with Crippen molar-refractivity contribution in [3.05, 3.63) is 78.9 Å². The van der Waals surface area contributed by atoms with E-state index in [1.54, 1.807) is 39.0 Å². The van der Waals surface area contributed by atoms with Crippen molar-refractivity contribution in [2.45, 2.75) is 27.1 Å². The van der Waals surface area contributed by atoms with Gasteiger partial charge in [0.15, 0.2) is 0 Å². The summed E-state index contributed by atoms with van der Waals surface area (Å²) in [5.74, 6) is 0.493. The van der Waals surface area contributed by atoms with Crippen LogP contribution in [-0.4, -0.2) is 49.8 Å². The summed E-state index contributed by atoms with van der Waals surface area (Å²) in [6, 6.07) is 12.4. The van der Waals surface area contributed by atoms with Crippen LogP contribution >= 0.6 is 0 Å². The van der Waals surface area contributed by atoms with Gasteiger partial charge in [-0.2, -0.15) is 0 Å². The predicted octanol–water partition coefficient (Wildman–Crippen LogP) is 4.62. The summed E-state index contributed by atoms with van der Waals surface area (Å²) in [4.78, 5) is 23.1. The molecule has 0 aliphatic heterocycles. The Morgan fingerprint density at radius 3 is 1.61 bits per heavy atom. The highest BCUT2D eigenvalue weighted by atomic mass is 16.6. The lowest BCUT2D eigenvalue weighted by Gasteiger charge is -2.15. The number of aliphatic hydroxyl groups is 1. The third kappa shape index (κ3) is 9.31. The van der Waals surface area contributed by atoms with E-state index >= 15 is 0 Å². The molecule has 2 aromatic rings. The normalized spacial score (nSPS) is 11.1. The lowest BCUT2D eigenvalue weighted by Crippen LogP contribution is -2.15. The van der Waals surface area contributed by atoms with Crippen molar-refractivity contribution in [2.24, 2.45) is 0 Å². The second-order valence-electron chi connectivity index (χ2n) is 8.06. The van der Waals surface area contributed by atoms with Gasteiger partial charge in [0, 0.05) is 17.2 Å². The van der Waals surface area contributed by atoms with E-state index in [1.807, 2.05) is 24.3 Å². The van der Waals surface area contributed by atoms with Crippen molar-refractivity contribution in [3.8, 4) is 28.4 Å². The van der Waals surface area contributed by atoms with Gasteiger partial charge >= 0.3 is 11.9 Å². The summed E-state index contributed by atoms with van der Waals surface area (Å²) < 4.78 is 27.1. The Balaban J connectivity index is 2.14. The second-order valence-corrected chi connectivity index (χ2v) is 8.06. The summed E-state index contributed by atoms with van der Waals surface area (Å²) in [5.41, 5.74) is 2.73. The Kier molecular flexibility index (Phi) is 10.8. The van der Waals surface area contributed by atoms with Crippen LogP contribution in [0.15, 0.2) is 78.9 Å². The summed E-state index contributed by atoms with van der Waals surface area (Å²) in [6.45, 7) is 15.9. The molecule has 0 aliphatic carbocycles. The molecule has 0 radical (unpaired) electrons. The van der Waals surface area contributed by atoms with E-state index in [2.05, 4.69) is 19.7 Å². The highest BCUT2D eigenvalue weighted by Gasteiger charge is 2.10. The van der Waals surface area contributed by atoms with Gasteiger partial charge in [-0.1, -0.05) is 31.9 Å². The van der Waals surface area contributed by atoms with Crippen LogP contribution in [0.5, 0.6) is 17.2 Å². The molecular formula is C28H32O8. The maximum Gasteiger partial charge on any atom is 0.333 e. The molecule has 2 aromatic carbocycles. The first-order valence-corrected chi connectivity index (χ1v) is 11.2. The first kappa shape index (κ1) is 28.2. The maximum atomic E-state index is 11.5. The molecule has 0 spiro atoms. The summed E-state index contributed by atoms with van der Waals surface area (Å²) >= 11 is 0. The standard InChI is InChI=1S/C28H32O8/c1-18(2)26(29)34-13-11-32-24-15-22(16-25(17-24)33-12-14-35-27(30)19(3)4)21-7-9-23(10-8-21)36-28(31)20(5)6/h7-10,15-17,28,31H,1,3,5,11-14H2,2,4,6H3. The zero-order valence-electron chi connectivity index (χ0n) is 20.9. The van der Waals surface area contributed by atoms with E-state index in [9.17, 15) is 14.7 Å². The fourth-order valence-electron chi connectivity index (χ4n) is 2.69. The third-order valence-corrected chi connectivity index (χ3v) is 4.60. The second kappa shape index (κ2) is 13.7. The molecule has 0 aromatic heterocycles. The van der Waals surface area contributed by atoms with Crippen LogP contribution in [0.2, 0.25) is 0 Å². The van der Waals surface area contributed by atoms with E-state index in [4.69, 9.17) is 23.7 Å². The van der Waals surface area contributed by atoms with Crippen molar-refractivity contribution in [2.75, 3.05) is 26.4 Å². The largest absolute Gasteiger partial charge is 0.490 e. The number of hydrogen-bond acceptors (Lipinski definition) is 8. The minimum atomic E-state index is -1.09. The molecule has 0 fully saturated rings. The number of carbonyl (C=O) groups excluding carboxylic acids is 2. The lowest BCUT2D eigenvalue weighted by molar-refractivity contribution is -0.140. The molecule has 1 N–H and O–H groups in total. The SMILES string of the molecule is C=C(C)C(=O)OCCOc1cc(OCCOC(=O)C(=C)C)cc(-c2ccc(OC(O)C(=C)C)cc2)c1. The fourth-order valence-corrected chi connectivity index (χ4v) is 2.69. The van der Waals surface area contributed by atoms with Crippen LogP contribution in [0, 0.1) is 0 Å². The van der Waals surface area contributed by atoms with E-state index < -0.39 is 18.2 Å². The van der Waals surface area contributed by atoms with Crippen molar-refractivity contribution >= 4 is 11.9 Å². The number of benzene rings is 2. The van der Waals surface area contributed by atoms with E-state index in [0.29, 0.717) is 34.0 Å². The van der Waals surface area contributed by atoms with Crippen molar-refractivity contribution in [1.82, 2.24) is 0 Å². The van der Waals surface area contributed by atoms with Crippen LogP contribution in [0.1, 0.15) is 20.8 Å². The number of ether oxygens (including phenoxy) is 5. The Morgan fingerprint density at radius 1 is 0.722 bits per heavy atom. The van der Waals surface area contributed by atoms with Gasteiger partial charge in [-0.05, 0) is 61.7 Å². The van der Waals surface area contributed by atoms with Gasteiger partial charge in [-0.3, -0.25) is 0 Å². The van der Waals surface area contributed by atoms with Crippen molar-refractivity contribution in [3.63, 3.8) is 0 Å². The molecule has 0 aliphatic rings. The average Bonchev–Trinajstić information content (AvgIpc) is 2.84. The summed E-state index contributed by atoms with van der Waals surface area (Å²) in [6.07, 6.45) is -1.09. The number of carbonyl (C=O) groups is 2. The molecule has 36 heavy (non-hydrogen) atoms. The van der Waals surface area contributed by atoms with Crippen LogP contribution in [0.4, 0.5) is 0 Å². The Morgan fingerprint density at radius 2 is 1.19 bits per heavy atom. The minimum absolute atomic E-state index is 0.0556. The number of esters is 2. The molecule has 8 heteroatoms. The quantitative estimate of drug-likeness (QED) is 0.133. The number of aliphatic hydroxyl groups excluding tert-OH is 1. The average molecular weight is 497 g/mol. The van der Waals surface area contributed by atoms with E-state index in [0.717, 1.165) is 11.1 Å². The van der Waals surface area contributed by atoms with Crippen LogP contribution in [0.3, 0.4) is 0 Å². The maximum absolute atomic E-state index is 11.5. The molecule has 0 bridgehead atoms. The zero-order chi connectivity index (χ0) is 26.7. The third-order valence-electron chi connectivity index (χ3n) is 4.60. The van der Waals surface area contributed by atoms with Crippen LogP contribution in [0.25, 0.3) is 11.1 Å². The Bertz CT molecular complexity index is 1050. The van der Waals surface area contributed by atoms with E-state index in [-0.39, 0.29) is 26.4 Å². The first-order valence-electron chi connectivity index (χ1n) is 11.2. The summed E-state index contributed by atoms with van der Waals surface area (Å²) in [7, 11) is 0. The molecule has 2 rings (SSSR count). The topological polar surface area (TPSA) is 101 Å². The Labute approximate surface area is 211 Å². The van der Waals surface area contributed by atoms with Crippen molar-refractivity contribution < 1.29 is 38.4 Å². The van der Waals surface area contributed by atoms with E-state index in [1.165, 1.54) is 0 Å². The molecular weight excluding hydrogens is 464 g/mol. The highest BCUT2D eigenvalue weighted by molar-refractivity contribution is 5.87. The van der Waals surface area contributed by atoms with Gasteiger partial charge in [-0.15, -0.1) is 0 Å². The number of rotatable bonds is 14. The fraction of sp³-hybridized carbons (Fsp3) is 0.286. The molecule has 0 heterocycles. The van der Waals surface area contributed by atoms with Crippen molar-refractivity contribution in [1.29, 1.82) is 0 Å².